The van der Waals surface area contributed by atoms with Crippen LogP contribution in [-0.4, -0.2) is 78.6 Å². The van der Waals surface area contributed by atoms with Gasteiger partial charge in [0.2, 0.25) is 5.91 Å². The van der Waals surface area contributed by atoms with Gasteiger partial charge >= 0.3 is 0 Å². The quantitative estimate of drug-likeness (QED) is 0.577. The van der Waals surface area contributed by atoms with E-state index in [2.05, 4.69) is 32.1 Å². The zero-order chi connectivity index (χ0) is 23.8. The number of rotatable bonds is 10. The Morgan fingerprint density at radius 1 is 1.15 bits per heavy atom. The summed E-state index contributed by atoms with van der Waals surface area (Å²) < 4.78 is 20.5. The molecular weight excluding hydrogens is 433 g/mol. The predicted octanol–water partition coefficient (Wildman–Crippen LogP) is 3.15. The molecular formula is C26H36FN5O2. The first kappa shape index (κ1) is 24.5. The van der Waals surface area contributed by atoms with Crippen LogP contribution in [0.1, 0.15) is 37.7 Å². The fraction of sp³-hybridized carbons (Fsp3) is 0.577. The summed E-state index contributed by atoms with van der Waals surface area (Å²) >= 11 is 0. The molecule has 1 aliphatic carbocycles. The van der Waals surface area contributed by atoms with Crippen LogP contribution >= 0.6 is 0 Å². The Kier molecular flexibility index (Phi) is 8.82. The van der Waals surface area contributed by atoms with Crippen molar-refractivity contribution in [2.75, 3.05) is 52.9 Å². The molecule has 1 N–H and O–H groups in total. The summed E-state index contributed by atoms with van der Waals surface area (Å²) in [7, 11) is 2.13. The number of nitrogens with one attached hydrogen (secondary N) is 1. The van der Waals surface area contributed by atoms with Crippen LogP contribution in [0.25, 0.3) is 11.4 Å². The average molecular weight is 470 g/mol. The van der Waals surface area contributed by atoms with Gasteiger partial charge in [0, 0.05) is 57.7 Å². The standard InChI is InChI=1S/C26H36FN5O2/c1-31-10-12-32(13-11-31)14-15-34-22-6-7-23(24(27)17-22)26-29-18-21(19-30-26)16-25(33)28-9-8-20-4-2-3-5-20/h6-7,17-20H,2-5,8-16H2,1H3,(H,28,33). The molecule has 2 heterocycles. The summed E-state index contributed by atoms with van der Waals surface area (Å²) in [5.41, 5.74) is 1.03. The molecule has 7 nitrogen and oxygen atoms in total. The van der Waals surface area contributed by atoms with Gasteiger partial charge in [0.1, 0.15) is 18.2 Å². The number of hydrogen-bond donors (Lipinski definition) is 1. The van der Waals surface area contributed by atoms with E-state index >= 15 is 0 Å². The fourth-order valence-corrected chi connectivity index (χ4v) is 4.68. The zero-order valence-electron chi connectivity index (χ0n) is 20.1. The van der Waals surface area contributed by atoms with E-state index in [-0.39, 0.29) is 12.3 Å². The topological polar surface area (TPSA) is 70.6 Å². The molecule has 1 aromatic carbocycles. The van der Waals surface area contributed by atoms with Gasteiger partial charge in [0.05, 0.1) is 12.0 Å². The van der Waals surface area contributed by atoms with Crippen LogP contribution < -0.4 is 10.1 Å². The van der Waals surface area contributed by atoms with Gasteiger partial charge in [0.25, 0.3) is 0 Å². The van der Waals surface area contributed by atoms with Gasteiger partial charge in [-0.15, -0.1) is 0 Å². The monoisotopic (exact) mass is 469 g/mol. The number of amides is 1. The lowest BCUT2D eigenvalue weighted by atomic mass is 10.0. The number of benzene rings is 1. The molecule has 0 atom stereocenters. The molecule has 0 spiro atoms. The van der Waals surface area contributed by atoms with Gasteiger partial charge < -0.3 is 15.0 Å². The minimum absolute atomic E-state index is 0.0291. The third-order valence-corrected chi connectivity index (χ3v) is 6.87. The molecule has 0 radical (unpaired) electrons. The van der Waals surface area contributed by atoms with Crippen molar-refractivity contribution in [2.45, 2.75) is 38.5 Å². The van der Waals surface area contributed by atoms with Crippen LogP contribution in [0.15, 0.2) is 30.6 Å². The van der Waals surface area contributed by atoms with Crippen LogP contribution in [0.3, 0.4) is 0 Å². The van der Waals surface area contributed by atoms with Gasteiger partial charge in [-0.25, -0.2) is 14.4 Å². The Labute approximate surface area is 201 Å². The molecule has 2 aliphatic rings. The maximum atomic E-state index is 14.7. The fourth-order valence-electron chi connectivity index (χ4n) is 4.68. The summed E-state index contributed by atoms with van der Waals surface area (Å²) in [6.45, 7) is 6.26. The van der Waals surface area contributed by atoms with E-state index in [1.807, 2.05) is 0 Å². The highest BCUT2D eigenvalue weighted by atomic mass is 19.1. The third-order valence-electron chi connectivity index (χ3n) is 6.87. The lowest BCUT2D eigenvalue weighted by Crippen LogP contribution is -2.45. The van der Waals surface area contributed by atoms with E-state index in [0.717, 1.165) is 51.6 Å². The molecule has 2 aromatic rings. The minimum atomic E-state index is -0.422. The van der Waals surface area contributed by atoms with Crippen molar-refractivity contribution in [3.63, 3.8) is 0 Å². The normalized spacial score (nSPS) is 17.7. The number of piperazine rings is 1. The van der Waals surface area contributed by atoms with Gasteiger partial charge in [-0.2, -0.15) is 0 Å². The van der Waals surface area contributed by atoms with Crippen LogP contribution in [0, 0.1) is 11.7 Å². The van der Waals surface area contributed by atoms with Crippen molar-refractivity contribution in [3.8, 4) is 17.1 Å². The first-order chi connectivity index (χ1) is 16.6. The second-order valence-corrected chi connectivity index (χ2v) is 9.52. The number of halogens is 1. The summed E-state index contributed by atoms with van der Waals surface area (Å²) in [6, 6.07) is 4.77. The molecule has 1 saturated heterocycles. The smallest absolute Gasteiger partial charge is 0.224 e. The van der Waals surface area contributed by atoms with E-state index in [0.29, 0.717) is 29.3 Å². The van der Waals surface area contributed by atoms with Crippen LogP contribution in [0.5, 0.6) is 5.75 Å². The molecule has 1 aliphatic heterocycles. The van der Waals surface area contributed by atoms with Crippen molar-refractivity contribution in [2.24, 2.45) is 5.92 Å². The minimum Gasteiger partial charge on any atom is -0.492 e. The van der Waals surface area contributed by atoms with Crippen molar-refractivity contribution in [1.82, 2.24) is 25.1 Å². The molecule has 1 saturated carbocycles. The molecule has 34 heavy (non-hydrogen) atoms. The highest BCUT2D eigenvalue weighted by Crippen LogP contribution is 2.27. The van der Waals surface area contributed by atoms with E-state index in [9.17, 15) is 9.18 Å². The Bertz CT molecular complexity index is 925. The third kappa shape index (κ3) is 7.21. The Hall–Kier alpha value is -2.58. The van der Waals surface area contributed by atoms with Gasteiger partial charge in [-0.1, -0.05) is 25.7 Å². The molecule has 0 bridgehead atoms. The maximum absolute atomic E-state index is 14.7. The lowest BCUT2D eigenvalue weighted by molar-refractivity contribution is -0.120. The number of ether oxygens (including phenoxy) is 1. The SMILES string of the molecule is CN1CCN(CCOc2ccc(-c3ncc(CC(=O)NCCC4CCCC4)cn3)c(F)c2)CC1. The zero-order valence-corrected chi connectivity index (χ0v) is 20.1. The van der Waals surface area contributed by atoms with E-state index in [4.69, 9.17) is 4.74 Å². The molecule has 0 unspecified atom stereocenters. The molecule has 4 rings (SSSR count). The predicted molar refractivity (Wildman–Crippen MR) is 130 cm³/mol. The maximum Gasteiger partial charge on any atom is 0.224 e. The molecule has 8 heteroatoms. The first-order valence-corrected chi connectivity index (χ1v) is 12.5. The van der Waals surface area contributed by atoms with Crippen molar-refractivity contribution in [3.05, 3.63) is 42.0 Å². The van der Waals surface area contributed by atoms with Gasteiger partial charge in [-0.3, -0.25) is 9.69 Å². The number of hydrogen-bond acceptors (Lipinski definition) is 6. The average Bonchev–Trinajstić information content (AvgIpc) is 3.35. The number of nitrogens with zero attached hydrogens (tertiary/aromatic N) is 4. The lowest BCUT2D eigenvalue weighted by Gasteiger charge is -2.32. The van der Waals surface area contributed by atoms with E-state index in [1.54, 1.807) is 24.5 Å². The van der Waals surface area contributed by atoms with Crippen molar-refractivity contribution >= 4 is 5.91 Å². The molecule has 184 valence electrons. The Balaban J connectivity index is 1.22. The highest BCUT2D eigenvalue weighted by Gasteiger charge is 2.16. The van der Waals surface area contributed by atoms with Crippen LogP contribution in [0.4, 0.5) is 4.39 Å². The number of aromatic nitrogens is 2. The summed E-state index contributed by atoms with van der Waals surface area (Å²) in [4.78, 5) is 25.4. The Morgan fingerprint density at radius 2 is 1.88 bits per heavy atom. The van der Waals surface area contributed by atoms with Crippen LogP contribution in [0.2, 0.25) is 0 Å². The Morgan fingerprint density at radius 3 is 2.59 bits per heavy atom. The highest BCUT2D eigenvalue weighted by molar-refractivity contribution is 5.78. The van der Waals surface area contributed by atoms with Crippen molar-refractivity contribution in [1.29, 1.82) is 0 Å². The molecule has 2 fully saturated rings. The molecule has 1 aromatic heterocycles. The molecule has 1 amide bonds. The second-order valence-electron chi connectivity index (χ2n) is 9.52. The summed E-state index contributed by atoms with van der Waals surface area (Å²) in [5, 5.41) is 2.99. The summed E-state index contributed by atoms with van der Waals surface area (Å²) in [5.74, 6) is 1.10. The van der Waals surface area contributed by atoms with Crippen molar-refractivity contribution < 1.29 is 13.9 Å². The number of carbonyl (C=O) groups excluding carboxylic acids is 1. The van der Waals surface area contributed by atoms with Crippen LogP contribution in [-0.2, 0) is 11.2 Å². The van der Waals surface area contributed by atoms with E-state index in [1.165, 1.54) is 31.7 Å². The largest absolute Gasteiger partial charge is 0.492 e. The first-order valence-electron chi connectivity index (χ1n) is 12.5. The van der Waals surface area contributed by atoms with Gasteiger partial charge in [-0.05, 0) is 37.1 Å². The number of carbonyl (C=O) groups is 1. The number of likely N-dealkylation sites (N-methyl/N-ethyl adjacent to an activating group) is 1. The second kappa shape index (κ2) is 12.2. The van der Waals surface area contributed by atoms with Gasteiger partial charge in [0.15, 0.2) is 5.82 Å². The van der Waals surface area contributed by atoms with E-state index < -0.39 is 5.82 Å². The summed E-state index contributed by atoms with van der Waals surface area (Å²) in [6.07, 6.45) is 9.67.